The number of carbonyl (C=O) groups excluding carboxylic acids is 3. The van der Waals surface area contributed by atoms with E-state index in [0.29, 0.717) is 22.3 Å². The Balaban J connectivity index is 1.55. The predicted octanol–water partition coefficient (Wildman–Crippen LogP) is 4.66. The molecule has 12 nitrogen and oxygen atoms in total. The molecule has 6 atom stereocenters. The molecule has 12 heteroatoms. The number of carboxylic acid groups (broad SMARTS) is 1. The Morgan fingerprint density at radius 1 is 0.868 bits per heavy atom. The molecule has 3 N–H and O–H groups in total. The number of imide groups is 1. The molecule has 2 fully saturated rings. The molecule has 2 saturated heterocycles. The Morgan fingerprint density at radius 2 is 1.55 bits per heavy atom. The molecule has 0 aromatic heterocycles. The number of phenols is 1. The van der Waals surface area contributed by atoms with E-state index in [1.54, 1.807) is 29.2 Å². The zero-order valence-electron chi connectivity index (χ0n) is 28.6. The second-order valence-corrected chi connectivity index (χ2v) is 12.9. The lowest BCUT2D eigenvalue weighted by molar-refractivity contribution is -0.179. The quantitative estimate of drug-likeness (QED) is 0.132. The first-order chi connectivity index (χ1) is 25.7. The largest absolute Gasteiger partial charge is 0.508 e. The number of carbonyl (C=O) groups is 4. The predicted molar refractivity (Wildman–Crippen MR) is 189 cm³/mol. The maximum absolute atomic E-state index is 15.5. The van der Waals surface area contributed by atoms with Gasteiger partial charge in [0.2, 0.25) is 5.91 Å². The van der Waals surface area contributed by atoms with Crippen LogP contribution in [0.4, 0.5) is 10.5 Å². The van der Waals surface area contributed by atoms with Gasteiger partial charge in [0.25, 0.3) is 0 Å². The van der Waals surface area contributed by atoms with Crippen LogP contribution in [-0.4, -0.2) is 77.1 Å². The number of cyclic esters (lactones) is 1. The second kappa shape index (κ2) is 14.6. The number of hydrogen-bond donors (Lipinski definition) is 3. The number of aliphatic hydroxyl groups is 1. The number of aliphatic hydroxyl groups excluding tert-OH is 1. The lowest BCUT2D eigenvalue weighted by atomic mass is 9.65. The van der Waals surface area contributed by atoms with E-state index in [2.05, 4.69) is 11.8 Å². The van der Waals surface area contributed by atoms with Crippen LogP contribution in [-0.2, 0) is 34.0 Å². The van der Waals surface area contributed by atoms with Gasteiger partial charge in [-0.1, -0.05) is 84.6 Å². The highest BCUT2D eigenvalue weighted by Gasteiger charge is 2.76. The molecule has 2 amide bonds. The number of carboxylic acids is 1. The summed E-state index contributed by atoms with van der Waals surface area (Å²) in [7, 11) is 1.43. The molecule has 0 aliphatic carbocycles. The van der Waals surface area contributed by atoms with Gasteiger partial charge in [-0.3, -0.25) is 19.3 Å². The fourth-order valence-corrected chi connectivity index (χ4v) is 8.10. The van der Waals surface area contributed by atoms with Crippen LogP contribution >= 0.6 is 0 Å². The maximum atomic E-state index is 15.5. The van der Waals surface area contributed by atoms with E-state index in [9.17, 15) is 29.7 Å². The van der Waals surface area contributed by atoms with Crippen LogP contribution in [0, 0.1) is 17.8 Å². The summed E-state index contributed by atoms with van der Waals surface area (Å²) in [5.74, 6) is 0.732. The summed E-state index contributed by atoms with van der Waals surface area (Å²) < 4.78 is 16.7. The fraction of sp³-hybridized carbons (Fsp3) is 0.268. The van der Waals surface area contributed by atoms with Crippen LogP contribution < -0.4 is 4.90 Å². The van der Waals surface area contributed by atoms with Crippen LogP contribution in [0.1, 0.15) is 52.4 Å². The molecule has 0 unspecified atom stereocenters. The van der Waals surface area contributed by atoms with Gasteiger partial charge in [-0.2, -0.15) is 0 Å². The molecule has 0 saturated carbocycles. The average Bonchev–Trinajstić information content (AvgIpc) is 3.62. The van der Waals surface area contributed by atoms with Crippen molar-refractivity contribution in [1.29, 1.82) is 0 Å². The minimum Gasteiger partial charge on any atom is -0.508 e. The highest BCUT2D eigenvalue weighted by atomic mass is 16.6. The zero-order valence-corrected chi connectivity index (χ0v) is 28.6. The number of fused-ring (bicyclic) bond motifs is 3. The maximum Gasteiger partial charge on any atom is 0.421 e. The monoisotopic (exact) mass is 716 g/mol. The van der Waals surface area contributed by atoms with Crippen LogP contribution in [0.15, 0.2) is 103 Å². The first kappa shape index (κ1) is 35.4. The van der Waals surface area contributed by atoms with Crippen molar-refractivity contribution in [3.8, 4) is 17.6 Å². The lowest BCUT2D eigenvalue weighted by Gasteiger charge is -2.46. The SMILES string of the molecule is COCCOC(=O)N1C(=O)[C@@]2(c3cc(C#CCCO)ccc31)[C@H](c1ccc(O)cc1)N1[C@H](c3ccccc3)[C@H](c3ccccc3)OC(=O)[C@H]1[C@@H]2C(=O)O. The van der Waals surface area contributed by atoms with Crippen LogP contribution in [0.3, 0.4) is 0 Å². The number of esters is 1. The molecular formula is C41H36N2O10. The van der Waals surface area contributed by atoms with Gasteiger partial charge < -0.3 is 29.5 Å². The molecule has 270 valence electrons. The Hall–Kier alpha value is -6.00. The molecule has 0 radical (unpaired) electrons. The molecule has 3 aliphatic heterocycles. The van der Waals surface area contributed by atoms with Crippen molar-refractivity contribution >= 4 is 29.6 Å². The summed E-state index contributed by atoms with van der Waals surface area (Å²) in [6.45, 7) is -0.333. The van der Waals surface area contributed by atoms with Crippen molar-refractivity contribution < 1.29 is 48.7 Å². The fourth-order valence-electron chi connectivity index (χ4n) is 8.10. The van der Waals surface area contributed by atoms with E-state index < -0.39 is 59.5 Å². The molecule has 4 aromatic rings. The van der Waals surface area contributed by atoms with E-state index in [1.807, 2.05) is 60.7 Å². The first-order valence-corrected chi connectivity index (χ1v) is 17.1. The minimum atomic E-state index is -2.14. The standard InChI is InChI=1S/C41H36N2O10/c1-51-22-23-52-40(50)42-31-20-15-25(10-8-9-21-44)24-30(31)41(39(42)49)32(37(46)47)34-38(48)53-35(27-13-6-3-7-14-27)33(26-11-4-2-5-12-26)43(34)36(41)28-16-18-29(45)19-17-28/h2-7,11-20,24,32-36,44-45H,9,21-23H2,1H3,(H,46,47)/t32-,33-,34-,35+,36+,41-/m1/s1. The molecule has 0 bridgehead atoms. The van der Waals surface area contributed by atoms with Gasteiger partial charge >= 0.3 is 18.0 Å². The van der Waals surface area contributed by atoms with Gasteiger partial charge in [0.15, 0.2) is 0 Å². The highest BCUT2D eigenvalue weighted by molar-refractivity contribution is 6.23. The van der Waals surface area contributed by atoms with Gasteiger partial charge in [-0.05, 0) is 52.6 Å². The molecule has 3 heterocycles. The Kier molecular flexibility index (Phi) is 9.72. The third-order valence-electron chi connectivity index (χ3n) is 10.1. The number of ether oxygens (including phenoxy) is 3. The van der Waals surface area contributed by atoms with E-state index in [-0.39, 0.29) is 43.2 Å². The summed E-state index contributed by atoms with van der Waals surface area (Å²) in [6, 6.07) is 25.4. The van der Waals surface area contributed by atoms with Gasteiger partial charge in [0, 0.05) is 19.1 Å². The van der Waals surface area contributed by atoms with Crippen molar-refractivity contribution in [3.63, 3.8) is 0 Å². The van der Waals surface area contributed by atoms with E-state index in [4.69, 9.17) is 14.2 Å². The molecule has 53 heavy (non-hydrogen) atoms. The normalized spacial score (nSPS) is 24.6. The number of rotatable bonds is 8. The molecular weight excluding hydrogens is 680 g/mol. The first-order valence-electron chi connectivity index (χ1n) is 17.1. The number of aliphatic carboxylic acids is 1. The number of nitrogens with zero attached hydrogens (tertiary/aromatic N) is 2. The highest BCUT2D eigenvalue weighted by Crippen LogP contribution is 2.65. The van der Waals surface area contributed by atoms with Crippen molar-refractivity contribution in [2.75, 3.05) is 31.8 Å². The molecule has 1 spiro atoms. The summed E-state index contributed by atoms with van der Waals surface area (Å²) in [6.07, 6.45) is -1.82. The number of anilines is 1. The Labute approximate surface area is 305 Å². The van der Waals surface area contributed by atoms with Crippen molar-refractivity contribution in [2.45, 2.75) is 36.1 Å². The number of morpholine rings is 1. The summed E-state index contributed by atoms with van der Waals surface area (Å²) in [4.78, 5) is 60.4. The topological polar surface area (TPSA) is 163 Å². The molecule has 3 aliphatic rings. The third-order valence-corrected chi connectivity index (χ3v) is 10.1. The molecule has 4 aromatic carbocycles. The number of hydrogen-bond acceptors (Lipinski definition) is 10. The number of aromatic hydroxyl groups is 1. The zero-order chi connectivity index (χ0) is 37.3. The smallest absolute Gasteiger partial charge is 0.421 e. The van der Waals surface area contributed by atoms with E-state index in [1.165, 1.54) is 25.3 Å². The van der Waals surface area contributed by atoms with Crippen LogP contribution in [0.2, 0.25) is 0 Å². The summed E-state index contributed by atoms with van der Waals surface area (Å²) in [5, 5.41) is 31.1. The van der Waals surface area contributed by atoms with E-state index in [0.717, 1.165) is 4.90 Å². The van der Waals surface area contributed by atoms with Crippen LogP contribution in [0.25, 0.3) is 0 Å². The van der Waals surface area contributed by atoms with Crippen molar-refractivity contribution in [2.24, 2.45) is 5.92 Å². The van der Waals surface area contributed by atoms with E-state index >= 15 is 4.79 Å². The lowest BCUT2D eigenvalue weighted by Crippen LogP contribution is -2.53. The number of phenolic OH excluding ortho intramolecular Hbond substituents is 1. The van der Waals surface area contributed by atoms with Gasteiger partial charge in [-0.25, -0.2) is 9.69 Å². The average molecular weight is 717 g/mol. The number of amides is 2. The number of methoxy groups -OCH3 is 1. The second-order valence-electron chi connectivity index (χ2n) is 12.9. The van der Waals surface area contributed by atoms with Crippen LogP contribution in [0.5, 0.6) is 5.75 Å². The van der Waals surface area contributed by atoms with Gasteiger partial charge in [-0.15, -0.1) is 0 Å². The molecule has 7 rings (SSSR count). The van der Waals surface area contributed by atoms with Crippen molar-refractivity contribution in [3.05, 3.63) is 131 Å². The minimum absolute atomic E-state index is 0.0420. The van der Waals surface area contributed by atoms with Gasteiger partial charge in [0.1, 0.15) is 35.8 Å². The summed E-state index contributed by atoms with van der Waals surface area (Å²) >= 11 is 0. The van der Waals surface area contributed by atoms with Crippen molar-refractivity contribution in [1.82, 2.24) is 4.90 Å². The summed E-state index contributed by atoms with van der Waals surface area (Å²) in [5.41, 5.74) is 0.214. The third kappa shape index (κ3) is 5.89. The van der Waals surface area contributed by atoms with Gasteiger partial charge in [0.05, 0.1) is 31.0 Å². The Bertz CT molecular complexity index is 2100. The Morgan fingerprint density at radius 3 is 2.19 bits per heavy atom. The number of benzene rings is 4.